The molecule has 6 heteroatoms. The number of carboxylic acids is 1. The van der Waals surface area contributed by atoms with E-state index in [-0.39, 0.29) is 17.0 Å². The fraction of sp³-hybridized carbons (Fsp3) is 0.182. The molecule has 28 heavy (non-hydrogen) atoms. The lowest BCUT2D eigenvalue weighted by atomic mass is 9.92. The molecule has 0 spiro atoms. The number of rotatable bonds is 3. The molecule has 0 unspecified atom stereocenters. The zero-order valence-corrected chi connectivity index (χ0v) is 17.0. The highest BCUT2D eigenvalue weighted by Crippen LogP contribution is 2.45. The molecule has 4 rings (SSSR count). The van der Waals surface area contributed by atoms with Crippen molar-refractivity contribution < 1.29 is 18.7 Å². The van der Waals surface area contributed by atoms with Crippen molar-refractivity contribution in [2.24, 2.45) is 0 Å². The fourth-order valence-electron chi connectivity index (χ4n) is 3.71. The number of halogens is 3. The number of fused-ring (bicyclic) bond motifs is 1. The van der Waals surface area contributed by atoms with Gasteiger partial charge >= 0.3 is 5.97 Å². The number of benzene rings is 2. The largest absolute Gasteiger partial charge is 0.478 e. The summed E-state index contributed by atoms with van der Waals surface area (Å²) in [5, 5.41) is 10.4. The Balaban J connectivity index is 2.13. The molecule has 0 atom stereocenters. The summed E-state index contributed by atoms with van der Waals surface area (Å²) in [5.74, 6) is -2.18. The SMILES string of the molecule is Cc1c(-c2ccc(I)c(F)c2)c(F)cc2cc(=O)c(C(=O)O)cc(C3CC3)c12. The maximum atomic E-state index is 15.0. The molecular formula is C22H15F2IO3. The predicted molar refractivity (Wildman–Crippen MR) is 112 cm³/mol. The van der Waals surface area contributed by atoms with Gasteiger partial charge in [0.15, 0.2) is 5.43 Å². The fourth-order valence-corrected chi connectivity index (χ4v) is 4.04. The van der Waals surface area contributed by atoms with Gasteiger partial charge in [0.05, 0.1) is 0 Å². The molecule has 0 saturated heterocycles. The minimum Gasteiger partial charge on any atom is -0.478 e. The maximum Gasteiger partial charge on any atom is 0.339 e. The first-order chi connectivity index (χ1) is 13.3. The van der Waals surface area contributed by atoms with E-state index >= 15 is 4.39 Å². The molecule has 3 aromatic rings. The van der Waals surface area contributed by atoms with Crippen molar-refractivity contribution in [3.05, 3.63) is 78.5 Å². The van der Waals surface area contributed by atoms with E-state index in [1.807, 2.05) is 22.6 Å². The van der Waals surface area contributed by atoms with Crippen LogP contribution in [0, 0.1) is 22.1 Å². The standard InChI is InChI=1S/C22H15F2IO3/c1-10-20-13(7-17(24)21(10)12-4-5-18(25)16(23)6-12)8-19(26)15(22(27)28)9-14(20)11-2-3-11/h4-9,11H,2-3H2,1H3,(H,27,28). The van der Waals surface area contributed by atoms with Crippen molar-refractivity contribution in [1.82, 2.24) is 0 Å². The molecule has 1 N–H and O–H groups in total. The second-order valence-corrected chi connectivity index (χ2v) is 8.22. The zero-order chi connectivity index (χ0) is 20.2. The van der Waals surface area contributed by atoms with E-state index in [0.29, 0.717) is 25.5 Å². The van der Waals surface area contributed by atoms with Gasteiger partial charge in [-0.1, -0.05) is 6.07 Å². The van der Waals surface area contributed by atoms with Crippen molar-refractivity contribution in [3.63, 3.8) is 0 Å². The zero-order valence-electron chi connectivity index (χ0n) is 14.9. The molecule has 3 nitrogen and oxygen atoms in total. The minimum absolute atomic E-state index is 0.137. The predicted octanol–water partition coefficient (Wildman–Crippen LogP) is 5.63. The quantitative estimate of drug-likeness (QED) is 0.482. The van der Waals surface area contributed by atoms with Crippen LogP contribution in [0.5, 0.6) is 0 Å². The van der Waals surface area contributed by atoms with Gasteiger partial charge in [-0.25, -0.2) is 13.6 Å². The highest BCUT2D eigenvalue weighted by molar-refractivity contribution is 14.1. The maximum absolute atomic E-state index is 15.0. The minimum atomic E-state index is -1.30. The average molecular weight is 492 g/mol. The van der Waals surface area contributed by atoms with Gasteiger partial charge in [0.1, 0.15) is 17.2 Å². The Morgan fingerprint density at radius 2 is 1.82 bits per heavy atom. The molecule has 3 aromatic carbocycles. The molecule has 0 heterocycles. The van der Waals surface area contributed by atoms with Crippen LogP contribution < -0.4 is 5.43 Å². The monoisotopic (exact) mass is 492 g/mol. The first-order valence-electron chi connectivity index (χ1n) is 8.77. The summed E-state index contributed by atoms with van der Waals surface area (Å²) in [6, 6.07) is 8.38. The molecule has 1 saturated carbocycles. The van der Waals surface area contributed by atoms with Crippen LogP contribution in [0.25, 0.3) is 21.9 Å². The molecule has 142 valence electrons. The average Bonchev–Trinajstić information content (AvgIpc) is 3.44. The van der Waals surface area contributed by atoms with E-state index < -0.39 is 23.0 Å². The molecule has 1 aliphatic carbocycles. The number of aryl methyl sites for hydroxylation is 1. The number of carboxylic acid groups (broad SMARTS) is 1. The molecular weight excluding hydrogens is 477 g/mol. The second-order valence-electron chi connectivity index (χ2n) is 7.05. The third-order valence-electron chi connectivity index (χ3n) is 5.16. The summed E-state index contributed by atoms with van der Waals surface area (Å²) in [6.07, 6.45) is 1.77. The van der Waals surface area contributed by atoms with Crippen molar-refractivity contribution >= 4 is 39.3 Å². The Labute approximate surface area is 173 Å². The third-order valence-corrected chi connectivity index (χ3v) is 6.03. The molecule has 0 radical (unpaired) electrons. The summed E-state index contributed by atoms with van der Waals surface area (Å²) in [4.78, 5) is 23.9. The number of hydrogen-bond acceptors (Lipinski definition) is 2. The van der Waals surface area contributed by atoms with Crippen LogP contribution in [-0.4, -0.2) is 11.1 Å². The molecule has 1 aliphatic rings. The van der Waals surface area contributed by atoms with Crippen LogP contribution in [0.1, 0.15) is 40.2 Å². The van der Waals surface area contributed by atoms with E-state index in [2.05, 4.69) is 0 Å². The molecule has 0 aromatic heterocycles. The Kier molecular flexibility index (Phi) is 4.69. The molecule has 0 aliphatic heterocycles. The summed E-state index contributed by atoms with van der Waals surface area (Å²) < 4.78 is 29.5. The summed E-state index contributed by atoms with van der Waals surface area (Å²) in [6.45, 7) is 1.73. The molecule has 0 amide bonds. The van der Waals surface area contributed by atoms with Crippen LogP contribution in [0.15, 0.2) is 41.2 Å². The van der Waals surface area contributed by atoms with Crippen molar-refractivity contribution in [2.75, 3.05) is 0 Å². The van der Waals surface area contributed by atoms with E-state index in [1.165, 1.54) is 24.3 Å². The highest BCUT2D eigenvalue weighted by atomic mass is 127. The van der Waals surface area contributed by atoms with Gasteiger partial charge in [-0.05, 0) is 106 Å². The topological polar surface area (TPSA) is 54.4 Å². The van der Waals surface area contributed by atoms with Gasteiger partial charge in [-0.15, -0.1) is 0 Å². The normalized spacial score (nSPS) is 13.7. The van der Waals surface area contributed by atoms with Crippen LogP contribution in [0.4, 0.5) is 8.78 Å². The Bertz CT molecular complexity index is 1220. The van der Waals surface area contributed by atoms with Gasteiger partial charge in [0, 0.05) is 9.13 Å². The summed E-state index contributed by atoms with van der Waals surface area (Å²) in [7, 11) is 0. The Morgan fingerprint density at radius 1 is 1.11 bits per heavy atom. The first-order valence-corrected chi connectivity index (χ1v) is 9.85. The Hall–Kier alpha value is -2.35. The smallest absolute Gasteiger partial charge is 0.339 e. The van der Waals surface area contributed by atoms with Gasteiger partial charge < -0.3 is 5.11 Å². The van der Waals surface area contributed by atoms with E-state index in [4.69, 9.17) is 0 Å². The van der Waals surface area contributed by atoms with Crippen molar-refractivity contribution in [3.8, 4) is 11.1 Å². The lowest BCUT2D eigenvalue weighted by molar-refractivity contribution is 0.0695. The van der Waals surface area contributed by atoms with Gasteiger partial charge in [-0.3, -0.25) is 4.79 Å². The number of aromatic carboxylic acids is 1. The van der Waals surface area contributed by atoms with Crippen LogP contribution >= 0.6 is 22.6 Å². The second kappa shape index (κ2) is 6.92. The Morgan fingerprint density at radius 3 is 2.43 bits per heavy atom. The van der Waals surface area contributed by atoms with Crippen LogP contribution in [-0.2, 0) is 0 Å². The number of carbonyl (C=O) groups is 1. The third kappa shape index (κ3) is 3.19. The van der Waals surface area contributed by atoms with Crippen LogP contribution in [0.3, 0.4) is 0 Å². The lowest BCUT2D eigenvalue weighted by Crippen LogP contribution is -2.10. The van der Waals surface area contributed by atoms with Crippen LogP contribution in [0.2, 0.25) is 0 Å². The van der Waals surface area contributed by atoms with Gasteiger partial charge in [0.25, 0.3) is 0 Å². The van der Waals surface area contributed by atoms with Gasteiger partial charge in [-0.2, -0.15) is 0 Å². The summed E-state index contributed by atoms with van der Waals surface area (Å²) >= 11 is 1.87. The number of hydrogen-bond donors (Lipinski definition) is 1. The van der Waals surface area contributed by atoms with E-state index in [0.717, 1.165) is 18.4 Å². The van der Waals surface area contributed by atoms with Gasteiger partial charge in [0.2, 0.25) is 0 Å². The molecule has 1 fully saturated rings. The van der Waals surface area contributed by atoms with Crippen molar-refractivity contribution in [1.29, 1.82) is 0 Å². The van der Waals surface area contributed by atoms with E-state index in [1.54, 1.807) is 19.1 Å². The van der Waals surface area contributed by atoms with Crippen molar-refractivity contribution in [2.45, 2.75) is 25.7 Å². The lowest BCUT2D eigenvalue weighted by Gasteiger charge is -2.13. The first kappa shape index (κ1) is 19.0. The highest BCUT2D eigenvalue weighted by Gasteiger charge is 2.28. The van der Waals surface area contributed by atoms with E-state index in [9.17, 15) is 19.1 Å². The summed E-state index contributed by atoms with van der Waals surface area (Å²) in [5.41, 5.74) is 1.00. The molecule has 0 bridgehead atoms.